The highest BCUT2D eigenvalue weighted by molar-refractivity contribution is 5.75. The van der Waals surface area contributed by atoms with Gasteiger partial charge in [-0.25, -0.2) is 0 Å². The number of nitrogens with one attached hydrogen (secondary N) is 1. The highest BCUT2D eigenvalue weighted by Gasteiger charge is 2.22. The van der Waals surface area contributed by atoms with E-state index in [0.29, 0.717) is 12.5 Å². The number of nitrogens with zero attached hydrogens (tertiary/aromatic N) is 2. The van der Waals surface area contributed by atoms with Crippen LogP contribution in [-0.4, -0.2) is 68.1 Å². The van der Waals surface area contributed by atoms with Crippen molar-refractivity contribution in [1.29, 1.82) is 0 Å². The molecule has 17 heavy (non-hydrogen) atoms. The lowest BCUT2D eigenvalue weighted by Gasteiger charge is -2.37. The van der Waals surface area contributed by atoms with Crippen LogP contribution >= 0.6 is 0 Å². The number of hydrogen-bond donors (Lipinski definition) is 2. The summed E-state index contributed by atoms with van der Waals surface area (Å²) in [5, 5.41) is 3.00. The van der Waals surface area contributed by atoms with Crippen molar-refractivity contribution in [3.8, 4) is 0 Å². The van der Waals surface area contributed by atoms with Crippen molar-refractivity contribution in [3.05, 3.63) is 0 Å². The van der Waals surface area contributed by atoms with Crippen LogP contribution in [0.2, 0.25) is 0 Å². The number of likely N-dealkylation sites (N-methyl/N-ethyl adjacent to an activating group) is 2. The highest BCUT2D eigenvalue weighted by Crippen LogP contribution is 2.04. The summed E-state index contributed by atoms with van der Waals surface area (Å²) in [7, 11) is 4.24. The number of piperazine rings is 1. The van der Waals surface area contributed by atoms with Gasteiger partial charge in [-0.05, 0) is 27.4 Å². The molecule has 0 saturated carbocycles. The molecule has 1 heterocycles. The minimum Gasteiger partial charge on any atom is -0.354 e. The van der Waals surface area contributed by atoms with Crippen molar-refractivity contribution < 1.29 is 4.79 Å². The van der Waals surface area contributed by atoms with Crippen molar-refractivity contribution in [1.82, 2.24) is 15.1 Å². The minimum atomic E-state index is 0.101. The van der Waals surface area contributed by atoms with Crippen LogP contribution < -0.4 is 11.1 Å². The molecule has 1 aliphatic rings. The van der Waals surface area contributed by atoms with Gasteiger partial charge in [0, 0.05) is 44.7 Å². The second-order valence-electron chi connectivity index (χ2n) is 5.22. The van der Waals surface area contributed by atoms with Crippen LogP contribution in [0, 0.1) is 0 Å². The molecule has 1 fully saturated rings. The van der Waals surface area contributed by atoms with Gasteiger partial charge in [-0.1, -0.05) is 0 Å². The van der Waals surface area contributed by atoms with Gasteiger partial charge in [0.25, 0.3) is 0 Å². The Kier molecular flexibility index (Phi) is 5.88. The third kappa shape index (κ3) is 5.48. The first-order valence-corrected chi connectivity index (χ1v) is 6.40. The fourth-order valence-electron chi connectivity index (χ4n) is 2.00. The van der Waals surface area contributed by atoms with Crippen molar-refractivity contribution in [2.45, 2.75) is 31.8 Å². The molecule has 0 spiro atoms. The standard InChI is InChI=1S/C12H26N4O/c1-10(13)4-5-12(17)14-8-11-9-15(2)6-7-16(11)3/h10-11H,4-9,13H2,1-3H3,(H,14,17). The van der Waals surface area contributed by atoms with Crippen LogP contribution in [0.1, 0.15) is 19.8 Å². The van der Waals surface area contributed by atoms with Crippen molar-refractivity contribution in [2.75, 3.05) is 40.3 Å². The van der Waals surface area contributed by atoms with Crippen LogP contribution in [0.15, 0.2) is 0 Å². The van der Waals surface area contributed by atoms with Gasteiger partial charge in [-0.2, -0.15) is 0 Å². The molecule has 100 valence electrons. The molecular formula is C12H26N4O. The third-order valence-electron chi connectivity index (χ3n) is 3.34. The summed E-state index contributed by atoms with van der Waals surface area (Å²) >= 11 is 0. The smallest absolute Gasteiger partial charge is 0.220 e. The largest absolute Gasteiger partial charge is 0.354 e. The summed E-state index contributed by atoms with van der Waals surface area (Å²) in [6, 6.07) is 0.525. The van der Waals surface area contributed by atoms with Gasteiger partial charge in [-0.3, -0.25) is 9.69 Å². The molecule has 0 radical (unpaired) electrons. The predicted octanol–water partition coefficient (Wildman–Crippen LogP) is -0.524. The number of hydrogen-bond acceptors (Lipinski definition) is 4. The summed E-state index contributed by atoms with van der Waals surface area (Å²) in [5.41, 5.74) is 5.63. The molecule has 1 amide bonds. The Morgan fingerprint density at radius 1 is 1.47 bits per heavy atom. The molecule has 2 atom stereocenters. The molecule has 0 aromatic rings. The predicted molar refractivity (Wildman–Crippen MR) is 69.8 cm³/mol. The Hall–Kier alpha value is -0.650. The average molecular weight is 242 g/mol. The quantitative estimate of drug-likeness (QED) is 0.681. The number of carbonyl (C=O) groups excluding carboxylic acids is 1. The molecule has 0 bridgehead atoms. The number of nitrogens with two attached hydrogens (primary N) is 1. The summed E-state index contributed by atoms with van der Waals surface area (Å²) in [5.74, 6) is 0.115. The summed E-state index contributed by atoms with van der Waals surface area (Å²) in [6.07, 6.45) is 1.29. The van der Waals surface area contributed by atoms with Gasteiger partial charge < -0.3 is 16.0 Å². The molecule has 1 aliphatic heterocycles. The minimum absolute atomic E-state index is 0.101. The fourth-order valence-corrected chi connectivity index (χ4v) is 2.00. The van der Waals surface area contributed by atoms with Crippen molar-refractivity contribution in [2.24, 2.45) is 5.73 Å². The van der Waals surface area contributed by atoms with Crippen LogP contribution in [-0.2, 0) is 4.79 Å². The third-order valence-corrected chi connectivity index (χ3v) is 3.34. The maximum absolute atomic E-state index is 11.6. The SMILES string of the molecule is CC(N)CCC(=O)NCC1CN(C)CCN1C. The molecular weight excluding hydrogens is 216 g/mol. The molecule has 5 heteroatoms. The maximum Gasteiger partial charge on any atom is 0.220 e. The molecule has 3 N–H and O–H groups in total. The van der Waals surface area contributed by atoms with E-state index in [1.165, 1.54) is 0 Å². The molecule has 1 saturated heterocycles. The molecule has 0 aromatic heterocycles. The van der Waals surface area contributed by atoms with E-state index in [1.54, 1.807) is 0 Å². The molecule has 2 unspecified atom stereocenters. The van der Waals surface area contributed by atoms with Crippen LogP contribution in [0.25, 0.3) is 0 Å². The molecule has 1 rings (SSSR count). The fraction of sp³-hybridized carbons (Fsp3) is 0.917. The molecule has 5 nitrogen and oxygen atoms in total. The van der Waals surface area contributed by atoms with Crippen molar-refractivity contribution in [3.63, 3.8) is 0 Å². The maximum atomic E-state index is 11.6. The topological polar surface area (TPSA) is 61.6 Å². The van der Waals surface area contributed by atoms with E-state index in [4.69, 9.17) is 5.73 Å². The van der Waals surface area contributed by atoms with E-state index in [0.717, 1.165) is 32.6 Å². The highest BCUT2D eigenvalue weighted by atomic mass is 16.1. The van der Waals surface area contributed by atoms with E-state index < -0.39 is 0 Å². The Morgan fingerprint density at radius 3 is 2.82 bits per heavy atom. The van der Waals surface area contributed by atoms with Gasteiger partial charge in [0.05, 0.1) is 0 Å². The van der Waals surface area contributed by atoms with E-state index in [-0.39, 0.29) is 11.9 Å². The number of amides is 1. The number of rotatable bonds is 5. The summed E-state index contributed by atoms with van der Waals surface area (Å²) in [4.78, 5) is 16.2. The Morgan fingerprint density at radius 2 is 2.18 bits per heavy atom. The second-order valence-corrected chi connectivity index (χ2v) is 5.22. The van der Waals surface area contributed by atoms with Gasteiger partial charge in [0.15, 0.2) is 0 Å². The van der Waals surface area contributed by atoms with E-state index in [2.05, 4.69) is 29.2 Å². The Balaban J connectivity index is 2.22. The first-order valence-electron chi connectivity index (χ1n) is 6.40. The second kappa shape index (κ2) is 6.93. The first kappa shape index (κ1) is 14.4. The zero-order valence-corrected chi connectivity index (χ0v) is 11.3. The molecule has 0 aliphatic carbocycles. The van der Waals surface area contributed by atoms with Gasteiger partial charge in [0.1, 0.15) is 0 Å². The Bertz CT molecular complexity index is 245. The van der Waals surface area contributed by atoms with E-state index >= 15 is 0 Å². The monoisotopic (exact) mass is 242 g/mol. The van der Waals surface area contributed by atoms with Gasteiger partial charge in [-0.15, -0.1) is 0 Å². The zero-order valence-electron chi connectivity index (χ0n) is 11.3. The summed E-state index contributed by atoms with van der Waals surface area (Å²) in [6.45, 7) is 5.85. The normalized spacial score (nSPS) is 24.6. The van der Waals surface area contributed by atoms with Gasteiger partial charge >= 0.3 is 0 Å². The van der Waals surface area contributed by atoms with Crippen LogP contribution in [0.4, 0.5) is 0 Å². The number of carbonyl (C=O) groups is 1. The van der Waals surface area contributed by atoms with Crippen LogP contribution in [0.5, 0.6) is 0 Å². The lowest BCUT2D eigenvalue weighted by molar-refractivity contribution is -0.121. The summed E-state index contributed by atoms with van der Waals surface area (Å²) < 4.78 is 0. The average Bonchev–Trinajstić information content (AvgIpc) is 2.27. The van der Waals surface area contributed by atoms with E-state index in [1.807, 2.05) is 6.92 Å². The zero-order chi connectivity index (χ0) is 12.8. The van der Waals surface area contributed by atoms with Gasteiger partial charge in [0.2, 0.25) is 5.91 Å². The lowest BCUT2D eigenvalue weighted by Crippen LogP contribution is -2.54. The first-order chi connectivity index (χ1) is 7.99. The van der Waals surface area contributed by atoms with Crippen molar-refractivity contribution >= 4 is 5.91 Å². The molecule has 0 aromatic carbocycles. The lowest BCUT2D eigenvalue weighted by atomic mass is 10.1. The Labute approximate surface area is 104 Å². The van der Waals surface area contributed by atoms with Crippen LogP contribution in [0.3, 0.4) is 0 Å². The van der Waals surface area contributed by atoms with E-state index in [9.17, 15) is 4.79 Å².